The molecule has 2 unspecified atom stereocenters. The molecule has 1 aromatic carbocycles. The lowest BCUT2D eigenvalue weighted by Gasteiger charge is -2.44. The van der Waals surface area contributed by atoms with Gasteiger partial charge in [0.15, 0.2) is 0 Å². The van der Waals surface area contributed by atoms with E-state index in [2.05, 4.69) is 20.8 Å². The minimum absolute atomic E-state index is 0.0769. The number of phenolic OH excluding ortho intramolecular Hbond substituents is 1. The van der Waals surface area contributed by atoms with Crippen molar-refractivity contribution in [2.24, 2.45) is 16.2 Å². The van der Waals surface area contributed by atoms with E-state index in [9.17, 15) is 14.7 Å². The lowest BCUT2D eigenvalue weighted by Crippen LogP contribution is -2.47. The van der Waals surface area contributed by atoms with Gasteiger partial charge in [-0.25, -0.2) is 4.79 Å². The SMILES string of the molecule is CC(C)(C)CC(C)(C(=O)OC1Cc2cc(O)ccc2OC1=O)C(C)(C)C. The van der Waals surface area contributed by atoms with Gasteiger partial charge in [-0.15, -0.1) is 0 Å². The van der Waals surface area contributed by atoms with Gasteiger partial charge < -0.3 is 14.6 Å². The van der Waals surface area contributed by atoms with E-state index in [0.29, 0.717) is 17.7 Å². The van der Waals surface area contributed by atoms with Crippen LogP contribution in [0, 0.1) is 16.2 Å². The highest BCUT2D eigenvalue weighted by Gasteiger charge is 2.49. The number of benzene rings is 1. The fourth-order valence-corrected chi connectivity index (χ4v) is 3.34. The van der Waals surface area contributed by atoms with Gasteiger partial charge >= 0.3 is 11.9 Å². The molecule has 0 radical (unpaired) electrons. The van der Waals surface area contributed by atoms with Gasteiger partial charge in [-0.3, -0.25) is 4.79 Å². The van der Waals surface area contributed by atoms with Gasteiger partial charge in [-0.2, -0.15) is 0 Å². The number of aromatic hydroxyl groups is 1. The van der Waals surface area contributed by atoms with Crippen LogP contribution < -0.4 is 4.74 Å². The summed E-state index contributed by atoms with van der Waals surface area (Å²) in [4.78, 5) is 25.4. The van der Waals surface area contributed by atoms with E-state index in [1.54, 1.807) is 6.07 Å². The molecule has 2 atom stereocenters. The molecule has 0 saturated carbocycles. The van der Waals surface area contributed by atoms with Crippen LogP contribution in [0.1, 0.15) is 60.5 Å². The van der Waals surface area contributed by atoms with Gasteiger partial charge in [0.25, 0.3) is 0 Å². The van der Waals surface area contributed by atoms with E-state index in [4.69, 9.17) is 9.47 Å². The van der Waals surface area contributed by atoms with Crippen LogP contribution >= 0.6 is 0 Å². The van der Waals surface area contributed by atoms with Gasteiger partial charge in [0.2, 0.25) is 6.10 Å². The van der Waals surface area contributed by atoms with Crippen LogP contribution in [0.3, 0.4) is 0 Å². The molecule has 0 aliphatic carbocycles. The van der Waals surface area contributed by atoms with Gasteiger partial charge in [-0.05, 0) is 42.4 Å². The van der Waals surface area contributed by atoms with Gasteiger partial charge in [0.1, 0.15) is 11.5 Å². The number of fused-ring (bicyclic) bond motifs is 1. The van der Waals surface area contributed by atoms with Crippen molar-refractivity contribution < 1.29 is 24.2 Å². The number of carbonyl (C=O) groups excluding carboxylic acids is 2. The Morgan fingerprint density at radius 3 is 2.35 bits per heavy atom. The Morgan fingerprint density at radius 1 is 1.19 bits per heavy atom. The summed E-state index contributed by atoms with van der Waals surface area (Å²) in [5.74, 6) is -0.499. The summed E-state index contributed by atoms with van der Waals surface area (Å²) in [6.45, 7) is 14.2. The van der Waals surface area contributed by atoms with Crippen LogP contribution in [0.15, 0.2) is 18.2 Å². The second-order valence-electron chi connectivity index (χ2n) is 9.63. The first-order chi connectivity index (χ1) is 11.7. The van der Waals surface area contributed by atoms with E-state index in [-0.39, 0.29) is 23.0 Å². The van der Waals surface area contributed by atoms with Crippen molar-refractivity contribution in [1.82, 2.24) is 0 Å². The zero-order chi connectivity index (χ0) is 19.9. The zero-order valence-electron chi connectivity index (χ0n) is 16.8. The molecule has 1 aliphatic rings. The Bertz CT molecular complexity index is 708. The summed E-state index contributed by atoms with van der Waals surface area (Å²) in [5, 5.41) is 9.64. The maximum atomic E-state index is 13.1. The fourth-order valence-electron chi connectivity index (χ4n) is 3.34. The highest BCUT2D eigenvalue weighted by Crippen LogP contribution is 2.47. The van der Waals surface area contributed by atoms with E-state index in [1.807, 2.05) is 27.7 Å². The molecule has 0 amide bonds. The van der Waals surface area contributed by atoms with Crippen LogP contribution in [-0.2, 0) is 20.7 Å². The molecule has 1 heterocycles. The third kappa shape index (κ3) is 4.19. The normalized spacial score (nSPS) is 20.0. The number of hydrogen-bond donors (Lipinski definition) is 1. The quantitative estimate of drug-likeness (QED) is 0.643. The average molecular weight is 362 g/mol. The monoisotopic (exact) mass is 362 g/mol. The van der Waals surface area contributed by atoms with Gasteiger partial charge in [0, 0.05) is 12.0 Å². The summed E-state index contributed by atoms with van der Waals surface area (Å²) >= 11 is 0. The number of carbonyl (C=O) groups is 2. The van der Waals surface area contributed by atoms with Crippen LogP contribution in [0.2, 0.25) is 0 Å². The lowest BCUT2D eigenvalue weighted by atomic mass is 9.61. The Kier molecular flexibility index (Phi) is 5.15. The molecule has 0 bridgehead atoms. The Balaban J connectivity index is 2.25. The molecule has 144 valence electrons. The van der Waals surface area contributed by atoms with Crippen molar-refractivity contribution in [3.8, 4) is 11.5 Å². The zero-order valence-corrected chi connectivity index (χ0v) is 16.8. The van der Waals surface area contributed by atoms with Gasteiger partial charge in [-0.1, -0.05) is 41.5 Å². The minimum Gasteiger partial charge on any atom is -0.508 e. The van der Waals surface area contributed by atoms with Gasteiger partial charge in [0.05, 0.1) is 5.41 Å². The highest BCUT2D eigenvalue weighted by molar-refractivity contribution is 5.85. The van der Waals surface area contributed by atoms with Crippen molar-refractivity contribution in [3.05, 3.63) is 23.8 Å². The standard InChI is InChI=1S/C21H30O5/c1-19(2,3)12-21(7,20(4,5)6)18(24)26-16-11-13-10-14(22)8-9-15(13)25-17(16)23/h8-10,16,22H,11-12H2,1-7H3. The Hall–Kier alpha value is -2.04. The van der Waals surface area contributed by atoms with E-state index < -0.39 is 23.5 Å². The second kappa shape index (κ2) is 6.60. The summed E-state index contributed by atoms with van der Waals surface area (Å²) in [5.41, 5.74) is -0.529. The average Bonchev–Trinajstić information content (AvgIpc) is 2.45. The Morgan fingerprint density at radius 2 is 1.81 bits per heavy atom. The van der Waals surface area contributed by atoms with Crippen molar-refractivity contribution in [3.63, 3.8) is 0 Å². The maximum absolute atomic E-state index is 13.1. The van der Waals surface area contributed by atoms with Crippen LogP contribution in [0.25, 0.3) is 0 Å². The highest BCUT2D eigenvalue weighted by atomic mass is 16.6. The van der Waals surface area contributed by atoms with Crippen LogP contribution in [0.4, 0.5) is 0 Å². The predicted molar refractivity (Wildman–Crippen MR) is 99.0 cm³/mol. The van der Waals surface area contributed by atoms with E-state index in [0.717, 1.165) is 0 Å². The van der Waals surface area contributed by atoms with E-state index in [1.165, 1.54) is 12.1 Å². The number of esters is 2. The molecule has 0 fully saturated rings. The van der Waals surface area contributed by atoms with E-state index >= 15 is 0 Å². The van der Waals surface area contributed by atoms with Crippen LogP contribution in [0.5, 0.6) is 11.5 Å². The smallest absolute Gasteiger partial charge is 0.353 e. The van der Waals surface area contributed by atoms with Crippen molar-refractivity contribution in [2.45, 2.75) is 67.4 Å². The minimum atomic E-state index is -1.00. The lowest BCUT2D eigenvalue weighted by molar-refractivity contribution is -0.178. The molecule has 0 aromatic heterocycles. The molecule has 1 N–H and O–H groups in total. The second-order valence-corrected chi connectivity index (χ2v) is 9.63. The Labute approximate surface area is 155 Å². The number of hydrogen-bond acceptors (Lipinski definition) is 5. The third-order valence-corrected chi connectivity index (χ3v) is 5.16. The molecule has 5 heteroatoms. The predicted octanol–water partition coefficient (Wildman–Crippen LogP) is 4.25. The molecule has 1 aliphatic heterocycles. The topological polar surface area (TPSA) is 72.8 Å². The molecule has 26 heavy (non-hydrogen) atoms. The fraction of sp³-hybridized carbons (Fsp3) is 0.619. The molecule has 5 nitrogen and oxygen atoms in total. The number of phenols is 1. The molecule has 0 spiro atoms. The summed E-state index contributed by atoms with van der Waals surface area (Å²) in [6, 6.07) is 4.53. The van der Waals surface area contributed by atoms with Crippen molar-refractivity contribution >= 4 is 11.9 Å². The summed E-state index contributed by atoms with van der Waals surface area (Å²) in [7, 11) is 0. The summed E-state index contributed by atoms with van der Waals surface area (Å²) in [6.07, 6.45) is -0.177. The first-order valence-electron chi connectivity index (χ1n) is 8.98. The molecule has 2 rings (SSSR count). The first kappa shape index (κ1) is 20.3. The van der Waals surface area contributed by atoms with Crippen LogP contribution in [-0.4, -0.2) is 23.1 Å². The van der Waals surface area contributed by atoms with Crippen molar-refractivity contribution in [2.75, 3.05) is 0 Å². The third-order valence-electron chi connectivity index (χ3n) is 5.16. The number of rotatable bonds is 3. The molecule has 0 saturated heterocycles. The largest absolute Gasteiger partial charge is 0.508 e. The van der Waals surface area contributed by atoms with Crippen molar-refractivity contribution in [1.29, 1.82) is 0 Å². The maximum Gasteiger partial charge on any atom is 0.353 e. The molecular formula is C21H30O5. The number of ether oxygens (including phenoxy) is 2. The molecular weight excluding hydrogens is 332 g/mol. The molecule has 1 aromatic rings. The first-order valence-corrected chi connectivity index (χ1v) is 8.98. The summed E-state index contributed by atoms with van der Waals surface area (Å²) < 4.78 is 10.9.